The highest BCUT2D eigenvalue weighted by atomic mass is 16.5. The van der Waals surface area contributed by atoms with Crippen molar-refractivity contribution >= 4 is 0 Å². The lowest BCUT2D eigenvalue weighted by molar-refractivity contribution is 0.284. The van der Waals surface area contributed by atoms with Gasteiger partial charge in [0.05, 0.1) is 12.2 Å². The second-order valence-electron chi connectivity index (χ2n) is 7.96. The first-order valence-corrected chi connectivity index (χ1v) is 11.0. The van der Waals surface area contributed by atoms with E-state index in [2.05, 4.69) is 26.0 Å². The Hall–Kier alpha value is -1.49. The van der Waals surface area contributed by atoms with Crippen LogP contribution in [0.4, 0.5) is 0 Å². The standard InChI is InChI=1S/C24H37NO/c1-3-5-6-7-8-9-11-20-14-16-21(17-15-20)23-13-10-12-22(19-25)24(23)26-18-4-2/h10,12-13,20-21H,3-9,11,14-18H2,1-2H3. The van der Waals surface area contributed by atoms with Crippen molar-refractivity contribution in [2.45, 2.75) is 96.8 Å². The van der Waals surface area contributed by atoms with Crippen molar-refractivity contribution in [2.75, 3.05) is 6.61 Å². The molecule has 1 aromatic carbocycles. The van der Waals surface area contributed by atoms with Crippen molar-refractivity contribution in [3.8, 4) is 11.8 Å². The van der Waals surface area contributed by atoms with Crippen molar-refractivity contribution in [3.05, 3.63) is 29.3 Å². The number of benzene rings is 1. The van der Waals surface area contributed by atoms with Gasteiger partial charge in [-0.15, -0.1) is 0 Å². The van der Waals surface area contributed by atoms with Gasteiger partial charge in [0, 0.05) is 0 Å². The minimum atomic E-state index is 0.566. The molecular weight excluding hydrogens is 318 g/mol. The minimum absolute atomic E-state index is 0.566. The molecule has 0 amide bonds. The van der Waals surface area contributed by atoms with E-state index in [1.54, 1.807) is 0 Å². The fraction of sp³-hybridized carbons (Fsp3) is 0.708. The van der Waals surface area contributed by atoms with Gasteiger partial charge in [0.15, 0.2) is 0 Å². The lowest BCUT2D eigenvalue weighted by atomic mass is 9.76. The molecule has 26 heavy (non-hydrogen) atoms. The van der Waals surface area contributed by atoms with Crippen LogP contribution in [0.5, 0.6) is 5.75 Å². The Balaban J connectivity index is 1.83. The van der Waals surface area contributed by atoms with Gasteiger partial charge >= 0.3 is 0 Å². The Morgan fingerprint density at radius 3 is 2.38 bits per heavy atom. The quantitative estimate of drug-likeness (QED) is 0.388. The maximum atomic E-state index is 9.43. The highest BCUT2D eigenvalue weighted by molar-refractivity contribution is 5.50. The van der Waals surface area contributed by atoms with Crippen LogP contribution >= 0.6 is 0 Å². The van der Waals surface area contributed by atoms with E-state index in [-0.39, 0.29) is 0 Å². The minimum Gasteiger partial charge on any atom is -0.492 e. The highest BCUT2D eigenvalue weighted by Crippen LogP contribution is 2.42. The summed E-state index contributed by atoms with van der Waals surface area (Å²) >= 11 is 0. The van der Waals surface area contributed by atoms with Gasteiger partial charge < -0.3 is 4.74 Å². The van der Waals surface area contributed by atoms with Gasteiger partial charge in [-0.3, -0.25) is 0 Å². The van der Waals surface area contributed by atoms with Gasteiger partial charge in [-0.05, 0) is 55.6 Å². The number of ether oxygens (including phenoxy) is 1. The molecule has 1 aromatic rings. The summed E-state index contributed by atoms with van der Waals surface area (Å²) in [4.78, 5) is 0. The first-order valence-electron chi connectivity index (χ1n) is 11.0. The lowest BCUT2D eigenvalue weighted by Gasteiger charge is -2.30. The predicted octanol–water partition coefficient (Wildman–Crippen LogP) is 7.37. The van der Waals surface area contributed by atoms with Crippen LogP contribution in [0.2, 0.25) is 0 Å². The Bertz CT molecular complexity index is 552. The molecule has 0 atom stereocenters. The third-order valence-corrected chi connectivity index (χ3v) is 5.87. The van der Waals surface area contributed by atoms with Crippen LogP contribution in [0.1, 0.15) is 108 Å². The topological polar surface area (TPSA) is 33.0 Å². The fourth-order valence-electron chi connectivity index (χ4n) is 4.31. The van der Waals surface area contributed by atoms with Crippen molar-refractivity contribution in [3.63, 3.8) is 0 Å². The monoisotopic (exact) mass is 355 g/mol. The highest BCUT2D eigenvalue weighted by Gasteiger charge is 2.25. The molecule has 0 aliphatic heterocycles. The average Bonchev–Trinajstić information content (AvgIpc) is 2.69. The van der Waals surface area contributed by atoms with Crippen LogP contribution in [0, 0.1) is 17.2 Å². The molecule has 0 saturated heterocycles. The van der Waals surface area contributed by atoms with Gasteiger partial charge in [0.1, 0.15) is 11.8 Å². The zero-order chi connectivity index (χ0) is 18.6. The maximum Gasteiger partial charge on any atom is 0.140 e. The number of nitrogens with zero attached hydrogens (tertiary/aromatic N) is 1. The van der Waals surface area contributed by atoms with E-state index < -0.39 is 0 Å². The van der Waals surface area contributed by atoms with Crippen LogP contribution in [0.25, 0.3) is 0 Å². The maximum absolute atomic E-state index is 9.43. The molecule has 2 nitrogen and oxygen atoms in total. The first kappa shape index (κ1) is 20.8. The molecule has 2 heteroatoms. The van der Waals surface area contributed by atoms with Crippen molar-refractivity contribution in [2.24, 2.45) is 5.92 Å². The van der Waals surface area contributed by atoms with Gasteiger partial charge in [-0.2, -0.15) is 5.26 Å². The smallest absolute Gasteiger partial charge is 0.140 e. The number of rotatable bonds is 11. The summed E-state index contributed by atoms with van der Waals surface area (Å²) in [6.07, 6.45) is 16.0. The molecule has 0 spiro atoms. The Morgan fingerprint density at radius 1 is 0.962 bits per heavy atom. The normalized spacial score (nSPS) is 19.9. The molecule has 0 aromatic heterocycles. The second-order valence-corrected chi connectivity index (χ2v) is 7.96. The first-order chi connectivity index (χ1) is 12.8. The summed E-state index contributed by atoms with van der Waals surface area (Å²) in [5.41, 5.74) is 1.97. The number of nitriles is 1. The van der Waals surface area contributed by atoms with Gasteiger partial charge in [0.25, 0.3) is 0 Å². The van der Waals surface area contributed by atoms with Crippen molar-refractivity contribution in [1.82, 2.24) is 0 Å². The van der Waals surface area contributed by atoms with Crippen LogP contribution in [-0.4, -0.2) is 6.61 Å². The Morgan fingerprint density at radius 2 is 1.69 bits per heavy atom. The van der Waals surface area contributed by atoms with E-state index in [9.17, 15) is 5.26 Å². The van der Waals surface area contributed by atoms with E-state index in [0.29, 0.717) is 18.1 Å². The van der Waals surface area contributed by atoms with Crippen LogP contribution in [-0.2, 0) is 0 Å². The van der Waals surface area contributed by atoms with E-state index in [0.717, 1.165) is 18.1 Å². The zero-order valence-corrected chi connectivity index (χ0v) is 16.9. The average molecular weight is 356 g/mol. The van der Waals surface area contributed by atoms with Crippen LogP contribution in [0.3, 0.4) is 0 Å². The van der Waals surface area contributed by atoms with Gasteiger partial charge in [0.2, 0.25) is 0 Å². The van der Waals surface area contributed by atoms with E-state index in [4.69, 9.17) is 4.74 Å². The zero-order valence-electron chi connectivity index (χ0n) is 16.9. The lowest BCUT2D eigenvalue weighted by Crippen LogP contribution is -2.15. The molecule has 1 fully saturated rings. The number of hydrogen-bond acceptors (Lipinski definition) is 2. The molecule has 1 saturated carbocycles. The molecular formula is C24H37NO. The largest absolute Gasteiger partial charge is 0.492 e. The molecule has 144 valence electrons. The summed E-state index contributed by atoms with van der Waals surface area (Å²) in [7, 11) is 0. The van der Waals surface area contributed by atoms with E-state index >= 15 is 0 Å². The van der Waals surface area contributed by atoms with Crippen LogP contribution in [0.15, 0.2) is 18.2 Å². The number of hydrogen-bond donors (Lipinski definition) is 0. The van der Waals surface area contributed by atoms with Crippen molar-refractivity contribution in [1.29, 1.82) is 5.26 Å². The SMILES string of the molecule is CCCCCCCCC1CCC(c2cccc(C#N)c2OCCC)CC1. The second kappa shape index (κ2) is 12.0. The summed E-state index contributed by atoms with van der Waals surface area (Å²) in [6.45, 7) is 5.09. The fourth-order valence-corrected chi connectivity index (χ4v) is 4.31. The third kappa shape index (κ3) is 6.35. The predicted molar refractivity (Wildman–Crippen MR) is 110 cm³/mol. The number of unbranched alkanes of at least 4 members (excludes halogenated alkanes) is 5. The number of para-hydroxylation sites is 1. The Labute approximate surface area is 161 Å². The molecule has 1 aliphatic carbocycles. The summed E-state index contributed by atoms with van der Waals surface area (Å²) < 4.78 is 5.98. The summed E-state index contributed by atoms with van der Waals surface area (Å²) in [5, 5.41) is 9.43. The molecule has 0 bridgehead atoms. The molecule has 1 aliphatic rings. The van der Waals surface area contributed by atoms with Gasteiger partial charge in [-0.1, -0.05) is 70.9 Å². The molecule has 0 unspecified atom stereocenters. The molecule has 0 heterocycles. The van der Waals surface area contributed by atoms with E-state index in [1.807, 2.05) is 12.1 Å². The van der Waals surface area contributed by atoms with E-state index in [1.165, 1.54) is 76.2 Å². The Kier molecular flexibility index (Phi) is 9.61. The molecule has 0 radical (unpaired) electrons. The molecule has 0 N–H and O–H groups in total. The molecule has 2 rings (SSSR count). The third-order valence-electron chi connectivity index (χ3n) is 5.87. The van der Waals surface area contributed by atoms with Crippen molar-refractivity contribution < 1.29 is 4.74 Å². The summed E-state index contributed by atoms with van der Waals surface area (Å²) in [6, 6.07) is 8.41. The van der Waals surface area contributed by atoms with Crippen LogP contribution < -0.4 is 4.74 Å². The summed E-state index contributed by atoms with van der Waals surface area (Å²) in [5.74, 6) is 2.34. The van der Waals surface area contributed by atoms with Gasteiger partial charge in [-0.25, -0.2) is 0 Å².